The maximum absolute atomic E-state index is 6.66. The number of benzene rings is 6. The third-order valence-corrected chi connectivity index (χ3v) is 12.8. The fraction of sp³-hybridized carbons (Fsp3) is 0.0714. The van der Waals surface area contributed by atoms with Crippen molar-refractivity contribution < 1.29 is 0 Å². The molecule has 296 valence electrons. The number of allylic oxidation sites excluding steroid dienone is 3. The lowest BCUT2D eigenvalue weighted by Gasteiger charge is -2.23. The van der Waals surface area contributed by atoms with Gasteiger partial charge in [0.15, 0.2) is 0 Å². The van der Waals surface area contributed by atoms with Gasteiger partial charge in [-0.1, -0.05) is 78.9 Å². The predicted octanol–water partition coefficient (Wildman–Crippen LogP) is 12.6. The SMILES string of the molecule is C/C=C(\N)c1cc(-c2ccccn2)cc(-n2c3ccccc3c3cc4c(cc32)-c2ccc3c5ccccc5n(-c5cc(C6=CC=CCN6)cc(-c6ccccn6)c5)c3c2CC4)c1. The quantitative estimate of drug-likeness (QED) is 0.176. The second-order valence-electron chi connectivity index (χ2n) is 16.3. The molecular weight excluding hydrogens is 757 g/mol. The van der Waals surface area contributed by atoms with Crippen LogP contribution < -0.4 is 11.1 Å². The summed E-state index contributed by atoms with van der Waals surface area (Å²) >= 11 is 0. The molecule has 12 rings (SSSR count). The van der Waals surface area contributed by atoms with Crippen molar-refractivity contribution >= 4 is 55.0 Å². The summed E-state index contributed by atoms with van der Waals surface area (Å²) in [6.45, 7) is 2.78. The van der Waals surface area contributed by atoms with Crippen LogP contribution in [0.1, 0.15) is 29.2 Å². The van der Waals surface area contributed by atoms with Gasteiger partial charge in [0.25, 0.3) is 0 Å². The van der Waals surface area contributed by atoms with Crippen LogP contribution in [0.15, 0.2) is 182 Å². The maximum Gasteiger partial charge on any atom is 0.0702 e. The maximum atomic E-state index is 6.66. The third kappa shape index (κ3) is 5.71. The lowest BCUT2D eigenvalue weighted by molar-refractivity contribution is 0.944. The van der Waals surface area contributed by atoms with E-state index in [1.165, 1.54) is 54.8 Å². The predicted molar refractivity (Wildman–Crippen MR) is 257 cm³/mol. The normalized spacial score (nSPS) is 13.7. The number of nitrogens with zero attached hydrogens (tertiary/aromatic N) is 4. The van der Waals surface area contributed by atoms with Crippen LogP contribution in [0.5, 0.6) is 0 Å². The summed E-state index contributed by atoms with van der Waals surface area (Å²) in [5, 5.41) is 8.61. The van der Waals surface area contributed by atoms with E-state index in [4.69, 9.17) is 15.7 Å². The molecule has 0 bridgehead atoms. The van der Waals surface area contributed by atoms with Gasteiger partial charge in [0.2, 0.25) is 0 Å². The molecule has 0 unspecified atom stereocenters. The lowest BCUT2D eigenvalue weighted by Crippen LogP contribution is -2.14. The van der Waals surface area contributed by atoms with Crippen molar-refractivity contribution in [2.45, 2.75) is 19.8 Å². The monoisotopic (exact) mass is 798 g/mol. The number of nitrogens with one attached hydrogen (secondary N) is 1. The van der Waals surface area contributed by atoms with Crippen LogP contribution in [0.4, 0.5) is 0 Å². The molecule has 10 aromatic rings. The Morgan fingerprint density at radius 2 is 1.27 bits per heavy atom. The molecule has 0 saturated carbocycles. The van der Waals surface area contributed by atoms with Gasteiger partial charge < -0.3 is 20.2 Å². The Hall–Kier alpha value is -7.96. The fourth-order valence-corrected chi connectivity index (χ4v) is 9.95. The topological polar surface area (TPSA) is 73.7 Å². The summed E-state index contributed by atoms with van der Waals surface area (Å²) in [4.78, 5) is 9.55. The van der Waals surface area contributed by atoms with Crippen LogP contribution in [-0.2, 0) is 12.8 Å². The van der Waals surface area contributed by atoms with Gasteiger partial charge in [-0.3, -0.25) is 9.97 Å². The minimum absolute atomic E-state index is 0.733. The molecule has 2 aliphatic rings. The average molecular weight is 799 g/mol. The summed E-state index contributed by atoms with van der Waals surface area (Å²) in [6.07, 6.45) is 14.0. The minimum atomic E-state index is 0.733. The molecule has 0 amide bonds. The number of hydrogen-bond acceptors (Lipinski definition) is 4. The molecule has 0 spiro atoms. The molecule has 0 atom stereocenters. The van der Waals surface area contributed by atoms with Gasteiger partial charge in [-0.25, -0.2) is 0 Å². The lowest BCUT2D eigenvalue weighted by atomic mass is 9.83. The van der Waals surface area contributed by atoms with E-state index < -0.39 is 0 Å². The van der Waals surface area contributed by atoms with Crippen molar-refractivity contribution in [1.29, 1.82) is 0 Å². The van der Waals surface area contributed by atoms with Crippen molar-refractivity contribution in [3.63, 3.8) is 0 Å². The number of rotatable bonds is 6. The van der Waals surface area contributed by atoms with Gasteiger partial charge in [0.1, 0.15) is 0 Å². The standard InChI is InChI=1S/C56H42N6/c1-2-49(57)36-27-37(50-15-7-10-24-58-50)30-40(29-36)61-53-18-5-4-14-44(53)48-33-35-20-21-45-42(47(35)34-55(48)61)22-23-46-43-13-3-6-19-54(43)62(56(45)46)41-31-38(51-16-8-11-25-59-51)28-39(32-41)52-17-9-12-26-60-52/h2-19,22-25,27-34,60H,20-21,26,57H2,1H3/b49-2-. The van der Waals surface area contributed by atoms with Crippen molar-refractivity contribution in [3.05, 3.63) is 205 Å². The summed E-state index contributed by atoms with van der Waals surface area (Å²) in [5.74, 6) is 0. The Morgan fingerprint density at radius 3 is 1.98 bits per heavy atom. The van der Waals surface area contributed by atoms with Crippen LogP contribution in [0.25, 0.3) is 100 Å². The highest BCUT2D eigenvalue weighted by Gasteiger charge is 2.26. The Bertz CT molecular complexity index is 3530. The summed E-state index contributed by atoms with van der Waals surface area (Å²) in [6, 6.07) is 53.0. The Morgan fingerprint density at radius 1 is 0.597 bits per heavy atom. The molecule has 0 radical (unpaired) electrons. The van der Waals surface area contributed by atoms with E-state index in [9.17, 15) is 0 Å². The fourth-order valence-electron chi connectivity index (χ4n) is 9.95. The summed E-state index contributed by atoms with van der Waals surface area (Å²) in [5.41, 5.74) is 26.8. The zero-order chi connectivity index (χ0) is 41.3. The van der Waals surface area contributed by atoms with Crippen LogP contribution in [0, 0.1) is 0 Å². The second-order valence-corrected chi connectivity index (χ2v) is 16.3. The van der Waals surface area contributed by atoms with E-state index in [1.807, 2.05) is 43.6 Å². The zero-order valence-corrected chi connectivity index (χ0v) is 34.3. The molecule has 0 saturated heterocycles. The number of aryl methyl sites for hydroxylation is 2. The summed E-state index contributed by atoms with van der Waals surface area (Å²) in [7, 11) is 0. The number of para-hydroxylation sites is 2. The van der Waals surface area contributed by atoms with Gasteiger partial charge in [-0.05, 0) is 139 Å². The van der Waals surface area contributed by atoms with Crippen LogP contribution in [0.2, 0.25) is 0 Å². The zero-order valence-electron chi connectivity index (χ0n) is 34.3. The number of pyridine rings is 2. The smallest absolute Gasteiger partial charge is 0.0702 e. The number of fused-ring (bicyclic) bond motifs is 10. The molecule has 1 aliphatic carbocycles. The molecule has 4 aromatic heterocycles. The van der Waals surface area contributed by atoms with E-state index in [2.05, 4.69) is 160 Å². The molecule has 6 heteroatoms. The van der Waals surface area contributed by atoms with E-state index in [-0.39, 0.29) is 0 Å². The molecule has 0 fully saturated rings. The molecule has 3 N–H and O–H groups in total. The van der Waals surface area contributed by atoms with Crippen molar-refractivity contribution in [1.82, 2.24) is 24.4 Å². The average Bonchev–Trinajstić information content (AvgIpc) is 3.86. The Labute approximate surface area is 359 Å². The van der Waals surface area contributed by atoms with E-state index in [1.54, 1.807) is 0 Å². The van der Waals surface area contributed by atoms with Gasteiger partial charge in [-0.2, -0.15) is 0 Å². The largest absolute Gasteiger partial charge is 0.399 e. The molecule has 6 aromatic carbocycles. The first-order chi connectivity index (χ1) is 30.6. The first-order valence-corrected chi connectivity index (χ1v) is 21.4. The van der Waals surface area contributed by atoms with Crippen molar-refractivity contribution in [2.75, 3.05) is 6.54 Å². The van der Waals surface area contributed by atoms with Gasteiger partial charge >= 0.3 is 0 Å². The minimum Gasteiger partial charge on any atom is -0.399 e. The molecule has 62 heavy (non-hydrogen) atoms. The van der Waals surface area contributed by atoms with Crippen LogP contribution in [-0.4, -0.2) is 25.6 Å². The Balaban J connectivity index is 1.11. The molecule has 1 aliphatic heterocycles. The van der Waals surface area contributed by atoms with Crippen molar-refractivity contribution in [2.24, 2.45) is 5.73 Å². The third-order valence-electron chi connectivity index (χ3n) is 12.8. The van der Waals surface area contributed by atoms with Gasteiger partial charge in [-0.15, -0.1) is 0 Å². The Kier molecular flexibility index (Phi) is 8.32. The van der Waals surface area contributed by atoms with Crippen molar-refractivity contribution in [3.8, 4) is 45.0 Å². The highest BCUT2D eigenvalue weighted by molar-refractivity contribution is 6.14. The molecule has 6 nitrogen and oxygen atoms in total. The van der Waals surface area contributed by atoms with Crippen LogP contribution in [0.3, 0.4) is 0 Å². The highest BCUT2D eigenvalue weighted by atomic mass is 15.0. The number of hydrogen-bond donors (Lipinski definition) is 2. The summed E-state index contributed by atoms with van der Waals surface area (Å²) < 4.78 is 4.93. The van der Waals surface area contributed by atoms with Crippen LogP contribution >= 0.6 is 0 Å². The number of nitrogens with two attached hydrogens (primary N) is 1. The number of dihydropyridines is 1. The van der Waals surface area contributed by atoms with Gasteiger partial charge in [0.05, 0.1) is 33.5 Å². The molecular formula is C56H42N6. The highest BCUT2D eigenvalue weighted by Crippen LogP contribution is 2.45. The first kappa shape index (κ1) is 35.9. The first-order valence-electron chi connectivity index (χ1n) is 21.4. The van der Waals surface area contributed by atoms with Gasteiger partial charge in [0, 0.05) is 79.9 Å². The van der Waals surface area contributed by atoms with E-state index >= 15 is 0 Å². The van der Waals surface area contributed by atoms with E-state index in [0.717, 1.165) is 86.8 Å². The molecule has 5 heterocycles. The number of aromatic nitrogens is 4. The van der Waals surface area contributed by atoms with E-state index in [0.29, 0.717) is 0 Å². The second kappa shape index (κ2) is 14.4.